The molecule has 1 heterocycles. The number of hydrogen-bond donors (Lipinski definition) is 2. The second kappa shape index (κ2) is 7.46. The number of benzene rings is 1. The zero-order chi connectivity index (χ0) is 16.0. The van der Waals surface area contributed by atoms with E-state index in [9.17, 15) is 18.0 Å². The highest BCUT2D eigenvalue weighted by molar-refractivity contribution is 5.76. The van der Waals surface area contributed by atoms with Gasteiger partial charge in [-0.05, 0) is 17.7 Å². The maximum absolute atomic E-state index is 12.0. The quantitative estimate of drug-likeness (QED) is 0.865. The van der Waals surface area contributed by atoms with Crippen molar-refractivity contribution in [2.45, 2.75) is 25.4 Å². The number of alkyl halides is 3. The highest BCUT2D eigenvalue weighted by Crippen LogP contribution is 2.22. The molecule has 0 aliphatic carbocycles. The average Bonchev–Trinajstić information content (AvgIpc) is 2.46. The van der Waals surface area contributed by atoms with Crippen molar-refractivity contribution in [1.29, 1.82) is 0 Å². The fourth-order valence-corrected chi connectivity index (χ4v) is 2.04. The summed E-state index contributed by atoms with van der Waals surface area (Å²) in [5, 5.41) is 5.83. The van der Waals surface area contributed by atoms with Crippen LogP contribution < -0.4 is 15.4 Å². The van der Waals surface area contributed by atoms with E-state index in [1.165, 1.54) is 24.3 Å². The van der Waals surface area contributed by atoms with Gasteiger partial charge >= 0.3 is 6.36 Å². The van der Waals surface area contributed by atoms with Gasteiger partial charge in [0.1, 0.15) is 5.75 Å². The number of hydrogen-bond acceptors (Lipinski definition) is 4. The van der Waals surface area contributed by atoms with Crippen molar-refractivity contribution in [2.75, 3.05) is 19.7 Å². The average molecular weight is 318 g/mol. The smallest absolute Gasteiger partial charge is 0.406 e. The Morgan fingerprint density at radius 2 is 2.09 bits per heavy atom. The molecule has 5 nitrogen and oxygen atoms in total. The van der Waals surface area contributed by atoms with E-state index in [1.54, 1.807) is 0 Å². The molecule has 0 unspecified atom stereocenters. The van der Waals surface area contributed by atoms with Crippen molar-refractivity contribution in [3.63, 3.8) is 0 Å². The Bertz CT molecular complexity index is 485. The lowest BCUT2D eigenvalue weighted by atomic mass is 10.2. The van der Waals surface area contributed by atoms with Crippen molar-refractivity contribution < 1.29 is 27.4 Å². The van der Waals surface area contributed by atoms with Crippen LogP contribution in [0.4, 0.5) is 13.2 Å². The summed E-state index contributed by atoms with van der Waals surface area (Å²) in [6.45, 7) is 2.24. The first-order valence-corrected chi connectivity index (χ1v) is 6.86. The largest absolute Gasteiger partial charge is 0.573 e. The molecule has 0 spiro atoms. The third kappa shape index (κ3) is 5.90. The number of nitrogens with one attached hydrogen (secondary N) is 2. The number of halogens is 3. The fourth-order valence-electron chi connectivity index (χ4n) is 2.04. The van der Waals surface area contributed by atoms with E-state index >= 15 is 0 Å². The van der Waals surface area contributed by atoms with E-state index in [1.807, 2.05) is 0 Å². The molecular weight excluding hydrogens is 301 g/mol. The number of rotatable bonds is 5. The van der Waals surface area contributed by atoms with Crippen molar-refractivity contribution in [2.24, 2.45) is 0 Å². The monoisotopic (exact) mass is 318 g/mol. The summed E-state index contributed by atoms with van der Waals surface area (Å²) >= 11 is 0. The first-order valence-electron chi connectivity index (χ1n) is 6.86. The molecule has 122 valence electrons. The Morgan fingerprint density at radius 3 is 2.68 bits per heavy atom. The summed E-state index contributed by atoms with van der Waals surface area (Å²) in [6, 6.07) is 5.37. The molecule has 1 aromatic rings. The Labute approximate surface area is 125 Å². The minimum atomic E-state index is -4.70. The lowest BCUT2D eigenvalue weighted by Crippen LogP contribution is -2.41. The lowest BCUT2D eigenvalue weighted by molar-refractivity contribution is -0.274. The maximum atomic E-state index is 12.0. The lowest BCUT2D eigenvalue weighted by Gasteiger charge is -2.23. The molecule has 1 aliphatic heterocycles. The summed E-state index contributed by atoms with van der Waals surface area (Å²) in [5.74, 6) is -0.450. The van der Waals surface area contributed by atoms with Crippen molar-refractivity contribution in [3.05, 3.63) is 29.8 Å². The van der Waals surface area contributed by atoms with Crippen molar-refractivity contribution >= 4 is 5.91 Å². The normalized spacial score (nSPS) is 18.8. The van der Waals surface area contributed by atoms with Crippen LogP contribution in [0.1, 0.15) is 12.0 Å². The minimum absolute atomic E-state index is 0.142. The second-order valence-corrected chi connectivity index (χ2v) is 4.87. The Balaban J connectivity index is 1.75. The van der Waals surface area contributed by atoms with Gasteiger partial charge in [-0.15, -0.1) is 13.2 Å². The number of ether oxygens (including phenoxy) is 2. The van der Waals surface area contributed by atoms with Crippen LogP contribution in [0.2, 0.25) is 0 Å². The topological polar surface area (TPSA) is 59.6 Å². The van der Waals surface area contributed by atoms with Gasteiger partial charge in [0, 0.05) is 19.6 Å². The predicted octanol–water partition coefficient (Wildman–Crippen LogP) is 1.58. The van der Waals surface area contributed by atoms with Gasteiger partial charge in [0.25, 0.3) is 0 Å². The minimum Gasteiger partial charge on any atom is -0.406 e. The molecule has 22 heavy (non-hydrogen) atoms. The van der Waals surface area contributed by atoms with Crippen molar-refractivity contribution in [1.82, 2.24) is 10.6 Å². The zero-order valence-corrected chi connectivity index (χ0v) is 11.8. The summed E-state index contributed by atoms with van der Waals surface area (Å²) in [6.07, 6.45) is -4.59. The summed E-state index contributed by atoms with van der Waals surface area (Å²) < 4.78 is 45.3. The number of carbonyl (C=O) groups excluding carboxylic acids is 1. The molecule has 1 aromatic carbocycles. The molecule has 1 aliphatic rings. The standard InChI is InChI=1S/C14H17F3N2O3/c15-14(16,17)22-11-3-1-10(2-4-11)8-19-13(20)7-12-9-18-5-6-21-12/h1-4,12,18H,5-9H2,(H,19,20)/t12-/m1/s1. The fraction of sp³-hybridized carbons (Fsp3) is 0.500. The molecule has 1 amide bonds. The van der Waals surface area contributed by atoms with E-state index in [-0.39, 0.29) is 30.7 Å². The summed E-state index contributed by atoms with van der Waals surface area (Å²) in [4.78, 5) is 11.7. The van der Waals surface area contributed by atoms with Crippen molar-refractivity contribution in [3.8, 4) is 5.75 Å². The van der Waals surface area contributed by atoms with Gasteiger partial charge in [-0.25, -0.2) is 0 Å². The summed E-state index contributed by atoms with van der Waals surface area (Å²) in [7, 11) is 0. The summed E-state index contributed by atoms with van der Waals surface area (Å²) in [5.41, 5.74) is 0.686. The third-order valence-electron chi connectivity index (χ3n) is 3.06. The van der Waals surface area contributed by atoms with Crippen LogP contribution >= 0.6 is 0 Å². The van der Waals surface area contributed by atoms with Gasteiger partial charge in [0.05, 0.1) is 19.1 Å². The van der Waals surface area contributed by atoms with Crippen LogP contribution in [0.5, 0.6) is 5.75 Å². The SMILES string of the molecule is O=C(C[C@@H]1CNCCO1)NCc1ccc(OC(F)(F)F)cc1. The number of carbonyl (C=O) groups is 1. The Morgan fingerprint density at radius 1 is 1.36 bits per heavy atom. The molecule has 1 fully saturated rings. The molecule has 0 radical (unpaired) electrons. The molecule has 8 heteroatoms. The Kier molecular flexibility index (Phi) is 5.62. The first kappa shape index (κ1) is 16.6. The Hall–Kier alpha value is -1.80. The maximum Gasteiger partial charge on any atom is 0.573 e. The van der Waals surface area contributed by atoms with Crippen LogP contribution in [0.25, 0.3) is 0 Å². The van der Waals surface area contributed by atoms with Gasteiger partial charge in [-0.2, -0.15) is 0 Å². The number of morpholine rings is 1. The van der Waals surface area contributed by atoms with Crippen LogP contribution in [-0.4, -0.2) is 38.1 Å². The van der Waals surface area contributed by atoms with Gasteiger partial charge in [0.15, 0.2) is 0 Å². The van der Waals surface area contributed by atoms with Gasteiger partial charge < -0.3 is 20.1 Å². The highest BCUT2D eigenvalue weighted by atomic mass is 19.4. The van der Waals surface area contributed by atoms with Gasteiger partial charge in [-0.3, -0.25) is 4.79 Å². The molecule has 0 bridgehead atoms. The van der Waals surface area contributed by atoms with Gasteiger partial charge in [-0.1, -0.05) is 12.1 Å². The van der Waals surface area contributed by atoms with Crippen LogP contribution in [0.3, 0.4) is 0 Å². The second-order valence-electron chi connectivity index (χ2n) is 4.87. The molecule has 0 saturated carbocycles. The first-order chi connectivity index (χ1) is 10.4. The molecule has 0 aromatic heterocycles. The molecule has 2 N–H and O–H groups in total. The van der Waals surface area contributed by atoms with Crippen LogP contribution in [-0.2, 0) is 16.1 Å². The van der Waals surface area contributed by atoms with E-state index in [2.05, 4.69) is 15.4 Å². The number of amides is 1. The van der Waals surface area contributed by atoms with Crippen LogP contribution in [0, 0.1) is 0 Å². The van der Waals surface area contributed by atoms with Crippen LogP contribution in [0.15, 0.2) is 24.3 Å². The van der Waals surface area contributed by atoms with E-state index in [0.717, 1.165) is 6.54 Å². The molecular formula is C14H17F3N2O3. The molecule has 1 atom stereocenters. The highest BCUT2D eigenvalue weighted by Gasteiger charge is 2.30. The molecule has 2 rings (SSSR count). The predicted molar refractivity (Wildman–Crippen MR) is 72.2 cm³/mol. The van der Waals surface area contributed by atoms with E-state index in [4.69, 9.17) is 4.74 Å². The third-order valence-corrected chi connectivity index (χ3v) is 3.06. The van der Waals surface area contributed by atoms with E-state index < -0.39 is 6.36 Å². The van der Waals surface area contributed by atoms with E-state index in [0.29, 0.717) is 18.7 Å². The van der Waals surface area contributed by atoms with Gasteiger partial charge in [0.2, 0.25) is 5.91 Å². The zero-order valence-electron chi connectivity index (χ0n) is 11.8. The molecule has 1 saturated heterocycles.